The van der Waals surface area contributed by atoms with Crippen molar-refractivity contribution in [3.63, 3.8) is 0 Å². The van der Waals surface area contributed by atoms with Crippen LogP contribution in [0.3, 0.4) is 0 Å². The van der Waals surface area contributed by atoms with E-state index in [1.165, 1.54) is 5.56 Å². The van der Waals surface area contributed by atoms with Crippen molar-refractivity contribution in [1.29, 1.82) is 0 Å². The Morgan fingerprint density at radius 3 is 2.70 bits per heavy atom. The Bertz CT molecular complexity index is 379. The maximum atomic E-state index is 10.3. The molecule has 0 saturated carbocycles. The number of aliphatic hydroxyl groups excluding tert-OH is 1. The summed E-state index contributed by atoms with van der Waals surface area (Å²) >= 11 is 0. The van der Waals surface area contributed by atoms with Crippen molar-refractivity contribution in [2.45, 2.75) is 50.9 Å². The Labute approximate surface area is 121 Å². The van der Waals surface area contributed by atoms with Gasteiger partial charge in [-0.2, -0.15) is 0 Å². The summed E-state index contributed by atoms with van der Waals surface area (Å²) in [6.07, 6.45) is 3.55. The minimum absolute atomic E-state index is 0.129. The van der Waals surface area contributed by atoms with Crippen LogP contribution in [0.25, 0.3) is 0 Å². The molecular weight excluding hydrogens is 252 g/mol. The minimum atomic E-state index is -0.269. The molecule has 1 aliphatic heterocycles. The molecule has 20 heavy (non-hydrogen) atoms. The molecule has 1 aromatic rings. The molecule has 0 spiro atoms. The first-order valence-corrected chi connectivity index (χ1v) is 7.57. The SMILES string of the molecule is COCC[C@H]1[C@H](O)C[C@H](C)O[C@@H]1CCc1ccccc1. The van der Waals surface area contributed by atoms with Crippen molar-refractivity contribution in [1.82, 2.24) is 0 Å². The average molecular weight is 278 g/mol. The summed E-state index contributed by atoms with van der Waals surface area (Å²) in [5.41, 5.74) is 1.33. The van der Waals surface area contributed by atoms with Gasteiger partial charge in [0.15, 0.2) is 0 Å². The van der Waals surface area contributed by atoms with Gasteiger partial charge in [-0.15, -0.1) is 0 Å². The fourth-order valence-corrected chi connectivity index (χ4v) is 3.09. The number of benzene rings is 1. The largest absolute Gasteiger partial charge is 0.393 e. The predicted molar refractivity (Wildman–Crippen MR) is 79.7 cm³/mol. The van der Waals surface area contributed by atoms with E-state index in [9.17, 15) is 5.11 Å². The summed E-state index contributed by atoms with van der Waals surface area (Å²) in [6.45, 7) is 2.73. The zero-order chi connectivity index (χ0) is 14.4. The van der Waals surface area contributed by atoms with Crippen LogP contribution in [0.5, 0.6) is 0 Å². The van der Waals surface area contributed by atoms with Gasteiger partial charge in [0.05, 0.1) is 18.3 Å². The highest BCUT2D eigenvalue weighted by Crippen LogP contribution is 2.30. The summed E-state index contributed by atoms with van der Waals surface area (Å²) in [5, 5.41) is 10.3. The van der Waals surface area contributed by atoms with Gasteiger partial charge in [0.25, 0.3) is 0 Å². The molecule has 0 bridgehead atoms. The van der Waals surface area contributed by atoms with Gasteiger partial charge in [-0.1, -0.05) is 30.3 Å². The van der Waals surface area contributed by atoms with Gasteiger partial charge in [-0.3, -0.25) is 0 Å². The molecule has 3 nitrogen and oxygen atoms in total. The van der Waals surface area contributed by atoms with Gasteiger partial charge in [0.1, 0.15) is 0 Å². The van der Waals surface area contributed by atoms with E-state index in [0.717, 1.165) is 25.7 Å². The molecule has 0 radical (unpaired) electrons. The lowest BCUT2D eigenvalue weighted by Gasteiger charge is -2.39. The van der Waals surface area contributed by atoms with E-state index in [-0.39, 0.29) is 24.2 Å². The number of hydrogen-bond donors (Lipinski definition) is 1. The topological polar surface area (TPSA) is 38.7 Å². The average Bonchev–Trinajstić information content (AvgIpc) is 2.45. The highest BCUT2D eigenvalue weighted by atomic mass is 16.5. The van der Waals surface area contributed by atoms with Crippen LogP contribution in [0, 0.1) is 5.92 Å². The molecule has 3 heteroatoms. The number of rotatable bonds is 6. The lowest BCUT2D eigenvalue weighted by Crippen LogP contribution is -2.44. The third-order valence-corrected chi connectivity index (χ3v) is 4.17. The van der Waals surface area contributed by atoms with Crippen molar-refractivity contribution < 1.29 is 14.6 Å². The van der Waals surface area contributed by atoms with Gasteiger partial charge in [-0.05, 0) is 38.2 Å². The fourth-order valence-electron chi connectivity index (χ4n) is 3.09. The van der Waals surface area contributed by atoms with E-state index in [0.29, 0.717) is 6.61 Å². The number of ether oxygens (including phenoxy) is 2. The van der Waals surface area contributed by atoms with Crippen molar-refractivity contribution in [2.75, 3.05) is 13.7 Å². The smallest absolute Gasteiger partial charge is 0.0635 e. The Balaban J connectivity index is 1.94. The van der Waals surface area contributed by atoms with Gasteiger partial charge >= 0.3 is 0 Å². The minimum Gasteiger partial charge on any atom is -0.393 e. The summed E-state index contributed by atoms with van der Waals surface area (Å²) < 4.78 is 11.2. The maximum absolute atomic E-state index is 10.3. The van der Waals surface area contributed by atoms with E-state index in [2.05, 4.69) is 24.3 Å². The quantitative estimate of drug-likeness (QED) is 0.869. The van der Waals surface area contributed by atoms with E-state index < -0.39 is 0 Å². The van der Waals surface area contributed by atoms with Gasteiger partial charge in [0.2, 0.25) is 0 Å². The highest BCUT2D eigenvalue weighted by molar-refractivity contribution is 5.14. The van der Waals surface area contributed by atoms with Gasteiger partial charge < -0.3 is 14.6 Å². The molecule has 0 unspecified atom stereocenters. The Morgan fingerprint density at radius 2 is 2.00 bits per heavy atom. The van der Waals surface area contributed by atoms with E-state index >= 15 is 0 Å². The molecule has 1 heterocycles. The summed E-state index contributed by atoms with van der Waals surface area (Å²) in [7, 11) is 1.71. The summed E-state index contributed by atoms with van der Waals surface area (Å²) in [6, 6.07) is 10.5. The molecule has 1 aliphatic rings. The predicted octanol–water partition coefficient (Wildman–Crippen LogP) is 2.81. The van der Waals surface area contributed by atoms with Crippen LogP contribution in [-0.2, 0) is 15.9 Å². The molecule has 112 valence electrons. The lowest BCUT2D eigenvalue weighted by atomic mass is 9.84. The number of methoxy groups -OCH3 is 1. The van der Waals surface area contributed by atoms with Crippen molar-refractivity contribution in [2.24, 2.45) is 5.92 Å². The van der Waals surface area contributed by atoms with E-state index in [4.69, 9.17) is 9.47 Å². The molecule has 1 saturated heterocycles. The Kier molecular flexibility index (Phi) is 6.02. The van der Waals surface area contributed by atoms with Crippen LogP contribution in [-0.4, -0.2) is 37.1 Å². The number of aryl methyl sites for hydroxylation is 1. The van der Waals surface area contributed by atoms with Crippen molar-refractivity contribution in [3.8, 4) is 0 Å². The molecule has 1 fully saturated rings. The van der Waals surface area contributed by atoms with E-state index in [1.54, 1.807) is 7.11 Å². The van der Waals surface area contributed by atoms with Gasteiger partial charge in [0, 0.05) is 19.6 Å². The Morgan fingerprint density at radius 1 is 1.25 bits per heavy atom. The first-order chi connectivity index (χ1) is 9.70. The normalized spacial score (nSPS) is 30.4. The molecule has 0 amide bonds. The number of hydrogen-bond acceptors (Lipinski definition) is 3. The second-order valence-corrected chi connectivity index (χ2v) is 5.76. The van der Waals surface area contributed by atoms with Gasteiger partial charge in [-0.25, -0.2) is 0 Å². The third kappa shape index (κ3) is 4.30. The first kappa shape index (κ1) is 15.5. The molecular formula is C17H26O3. The van der Waals surface area contributed by atoms with Crippen LogP contribution in [0.1, 0.15) is 31.7 Å². The monoisotopic (exact) mass is 278 g/mol. The van der Waals surface area contributed by atoms with Crippen LogP contribution in [0.4, 0.5) is 0 Å². The van der Waals surface area contributed by atoms with Crippen LogP contribution in [0.2, 0.25) is 0 Å². The highest BCUT2D eigenvalue weighted by Gasteiger charge is 2.35. The summed E-state index contributed by atoms with van der Waals surface area (Å²) in [4.78, 5) is 0. The first-order valence-electron chi connectivity index (χ1n) is 7.57. The standard InChI is InChI=1S/C17H26O3/c1-13-12-16(18)15(10-11-19-2)17(20-13)9-8-14-6-4-3-5-7-14/h3-7,13,15-18H,8-12H2,1-2H3/t13-,15-,16+,17+/m0/s1. The molecule has 1 aromatic carbocycles. The van der Waals surface area contributed by atoms with Crippen LogP contribution < -0.4 is 0 Å². The lowest BCUT2D eigenvalue weighted by molar-refractivity contribution is -0.136. The molecule has 0 aliphatic carbocycles. The van der Waals surface area contributed by atoms with Crippen LogP contribution in [0.15, 0.2) is 30.3 Å². The molecule has 4 atom stereocenters. The fraction of sp³-hybridized carbons (Fsp3) is 0.647. The summed E-state index contributed by atoms with van der Waals surface area (Å²) in [5.74, 6) is 0.190. The second-order valence-electron chi connectivity index (χ2n) is 5.76. The molecule has 2 rings (SSSR count). The second kappa shape index (κ2) is 7.77. The molecule has 0 aromatic heterocycles. The van der Waals surface area contributed by atoms with Crippen LogP contribution >= 0.6 is 0 Å². The third-order valence-electron chi connectivity index (χ3n) is 4.17. The molecule has 1 N–H and O–H groups in total. The van der Waals surface area contributed by atoms with E-state index in [1.807, 2.05) is 13.0 Å². The maximum Gasteiger partial charge on any atom is 0.0635 e. The Hall–Kier alpha value is -0.900. The zero-order valence-corrected chi connectivity index (χ0v) is 12.5. The zero-order valence-electron chi connectivity index (χ0n) is 12.5. The van der Waals surface area contributed by atoms with Crippen molar-refractivity contribution in [3.05, 3.63) is 35.9 Å². The van der Waals surface area contributed by atoms with Crippen molar-refractivity contribution >= 4 is 0 Å². The number of aliphatic hydroxyl groups is 1.